The number of fused-ring (bicyclic) bond motifs is 5. The van der Waals surface area contributed by atoms with Crippen LogP contribution in [0.2, 0.25) is 0 Å². The first-order chi connectivity index (χ1) is 25.7. The second kappa shape index (κ2) is 12.3. The van der Waals surface area contributed by atoms with Gasteiger partial charge >= 0.3 is 0 Å². The maximum absolute atomic E-state index is 5.08. The van der Waals surface area contributed by atoms with Gasteiger partial charge in [-0.15, -0.1) is 0 Å². The van der Waals surface area contributed by atoms with E-state index >= 15 is 0 Å². The van der Waals surface area contributed by atoms with Crippen molar-refractivity contribution in [2.24, 2.45) is 5.92 Å². The first kappa shape index (κ1) is 30.2. The number of rotatable bonds is 5. The number of hydrogen-bond acceptors (Lipinski definition) is 3. The number of aromatic nitrogens is 4. The fourth-order valence-electron chi connectivity index (χ4n) is 8.22. The van der Waals surface area contributed by atoms with Gasteiger partial charge in [-0.1, -0.05) is 165 Å². The van der Waals surface area contributed by atoms with Crippen molar-refractivity contribution in [3.05, 3.63) is 187 Å². The molecule has 8 aromatic rings. The predicted molar refractivity (Wildman–Crippen MR) is 212 cm³/mol. The quantitative estimate of drug-likeness (QED) is 0.184. The molecule has 0 N–H and O–H groups in total. The topological polar surface area (TPSA) is 43.6 Å². The van der Waals surface area contributed by atoms with E-state index in [0.29, 0.717) is 23.4 Å². The molecule has 0 radical (unpaired) electrons. The Kier molecular flexibility index (Phi) is 7.14. The Morgan fingerprint density at radius 3 is 1.65 bits per heavy atom. The molecule has 2 aromatic heterocycles. The van der Waals surface area contributed by atoms with Crippen LogP contribution in [0.25, 0.3) is 79.4 Å². The van der Waals surface area contributed by atoms with Crippen molar-refractivity contribution in [3.8, 4) is 73.4 Å². The van der Waals surface area contributed by atoms with Crippen molar-refractivity contribution in [3.63, 3.8) is 0 Å². The molecule has 6 aromatic carbocycles. The third kappa shape index (κ3) is 4.87. The molecule has 0 amide bonds. The number of benzene rings is 6. The lowest BCUT2D eigenvalue weighted by Gasteiger charge is -2.28. The van der Waals surface area contributed by atoms with Crippen molar-refractivity contribution in [1.29, 1.82) is 0 Å². The van der Waals surface area contributed by atoms with E-state index in [4.69, 9.17) is 15.0 Å². The van der Waals surface area contributed by atoms with Crippen LogP contribution in [0.4, 0.5) is 0 Å². The van der Waals surface area contributed by atoms with Gasteiger partial charge in [0.2, 0.25) is 0 Å². The molecule has 2 aliphatic rings. The molecule has 0 saturated carbocycles. The molecule has 0 saturated heterocycles. The Morgan fingerprint density at radius 1 is 0.481 bits per heavy atom. The molecule has 2 atom stereocenters. The van der Waals surface area contributed by atoms with Crippen LogP contribution in [0, 0.1) is 5.92 Å². The smallest absolute Gasteiger partial charge is 0.164 e. The third-order valence-electron chi connectivity index (χ3n) is 10.5. The van der Waals surface area contributed by atoms with Gasteiger partial charge < -0.3 is 4.57 Å². The van der Waals surface area contributed by atoms with Crippen LogP contribution < -0.4 is 0 Å². The lowest BCUT2D eigenvalue weighted by molar-refractivity contribution is 0.620. The molecule has 246 valence electrons. The van der Waals surface area contributed by atoms with Crippen molar-refractivity contribution >= 4 is 6.08 Å². The Labute approximate surface area is 303 Å². The molecular weight excluding hydrogens is 633 g/mol. The Balaban J connectivity index is 1.25. The highest BCUT2D eigenvalue weighted by Crippen LogP contribution is 2.56. The number of hydrogen-bond donors (Lipinski definition) is 0. The SMILES string of the molecule is CC1C=Cc2c3c(c(-c4ccccc4)n2-c2cccc(-c4nc(-c5ccccc5)nc(-c5ccccc5)n4)c2)-c2ccccc2-c2ccccc2C31. The number of allylic oxidation sites excluding steroid dienone is 1. The predicted octanol–water partition coefficient (Wildman–Crippen LogP) is 11.8. The summed E-state index contributed by atoms with van der Waals surface area (Å²) in [5, 5.41) is 0. The number of nitrogens with zero attached hydrogens (tertiary/aromatic N) is 4. The van der Waals surface area contributed by atoms with E-state index < -0.39 is 0 Å². The minimum absolute atomic E-state index is 0.205. The van der Waals surface area contributed by atoms with E-state index in [1.54, 1.807) is 0 Å². The van der Waals surface area contributed by atoms with Gasteiger partial charge in [0.25, 0.3) is 0 Å². The van der Waals surface area contributed by atoms with Gasteiger partial charge in [0.1, 0.15) is 0 Å². The fraction of sp³-hybridized carbons (Fsp3) is 0.0625. The molecule has 0 bridgehead atoms. The standard InChI is InChI=1S/C48H34N4/c1-31-28-29-41-44-42(31)39-26-13-11-24-37(39)38-25-12-14-27-40(38)43(44)45(32-16-5-2-6-17-32)52(41)36-23-15-22-35(30-36)48-50-46(33-18-7-3-8-19-33)49-47(51-48)34-20-9-4-10-21-34/h2-31,42H,1H3. The first-order valence-corrected chi connectivity index (χ1v) is 17.9. The average molecular weight is 667 g/mol. The van der Waals surface area contributed by atoms with Gasteiger partial charge in [-0.2, -0.15) is 0 Å². The van der Waals surface area contributed by atoms with E-state index in [2.05, 4.69) is 127 Å². The monoisotopic (exact) mass is 666 g/mol. The molecule has 0 aliphatic heterocycles. The van der Waals surface area contributed by atoms with E-state index in [-0.39, 0.29) is 5.92 Å². The molecule has 4 nitrogen and oxygen atoms in total. The summed E-state index contributed by atoms with van der Waals surface area (Å²) in [7, 11) is 0. The van der Waals surface area contributed by atoms with Crippen molar-refractivity contribution in [2.45, 2.75) is 12.8 Å². The van der Waals surface area contributed by atoms with Crippen LogP contribution >= 0.6 is 0 Å². The van der Waals surface area contributed by atoms with Crippen molar-refractivity contribution in [1.82, 2.24) is 19.5 Å². The van der Waals surface area contributed by atoms with E-state index in [1.165, 1.54) is 50.3 Å². The van der Waals surface area contributed by atoms with Crippen LogP contribution in [-0.4, -0.2) is 19.5 Å². The zero-order valence-electron chi connectivity index (χ0n) is 28.7. The van der Waals surface area contributed by atoms with Gasteiger partial charge in [0, 0.05) is 33.9 Å². The van der Waals surface area contributed by atoms with E-state index in [0.717, 1.165) is 22.4 Å². The summed E-state index contributed by atoms with van der Waals surface area (Å²) >= 11 is 0. The van der Waals surface area contributed by atoms with Crippen LogP contribution in [0.15, 0.2) is 170 Å². The Hall–Kier alpha value is -6.65. The average Bonchev–Trinajstić information content (AvgIpc) is 3.50. The van der Waals surface area contributed by atoms with E-state index in [9.17, 15) is 0 Å². The highest BCUT2D eigenvalue weighted by atomic mass is 15.0. The van der Waals surface area contributed by atoms with Gasteiger partial charge in [-0.3, -0.25) is 0 Å². The summed E-state index contributed by atoms with van der Waals surface area (Å²) in [4.78, 5) is 15.1. The largest absolute Gasteiger partial charge is 0.309 e. The molecule has 52 heavy (non-hydrogen) atoms. The molecular formula is C48H34N4. The lowest BCUT2D eigenvalue weighted by atomic mass is 9.76. The third-order valence-corrected chi connectivity index (χ3v) is 10.5. The van der Waals surface area contributed by atoms with Crippen LogP contribution in [0.3, 0.4) is 0 Å². The molecule has 4 heteroatoms. The van der Waals surface area contributed by atoms with E-state index in [1.807, 2.05) is 60.7 Å². The summed E-state index contributed by atoms with van der Waals surface area (Å²) in [5.41, 5.74) is 15.4. The summed E-state index contributed by atoms with van der Waals surface area (Å²) in [6, 6.07) is 57.8. The first-order valence-electron chi connectivity index (χ1n) is 17.9. The van der Waals surface area contributed by atoms with Crippen LogP contribution in [0.1, 0.15) is 29.7 Å². The molecule has 0 spiro atoms. The molecule has 0 fully saturated rings. The van der Waals surface area contributed by atoms with Crippen molar-refractivity contribution in [2.75, 3.05) is 0 Å². The zero-order valence-corrected chi connectivity index (χ0v) is 28.7. The summed E-state index contributed by atoms with van der Waals surface area (Å²) < 4.78 is 2.47. The highest BCUT2D eigenvalue weighted by Gasteiger charge is 2.38. The summed E-state index contributed by atoms with van der Waals surface area (Å²) in [6.45, 7) is 2.36. The second-order valence-electron chi connectivity index (χ2n) is 13.6. The van der Waals surface area contributed by atoms with Gasteiger partial charge in [-0.25, -0.2) is 15.0 Å². The van der Waals surface area contributed by atoms with Gasteiger partial charge in [0.05, 0.1) is 11.4 Å². The normalized spacial score (nSPS) is 15.3. The second-order valence-corrected chi connectivity index (χ2v) is 13.6. The maximum atomic E-state index is 5.08. The summed E-state index contributed by atoms with van der Waals surface area (Å²) in [5.74, 6) is 2.47. The zero-order chi connectivity index (χ0) is 34.6. The van der Waals surface area contributed by atoms with Gasteiger partial charge in [0.15, 0.2) is 17.5 Å². The Morgan fingerprint density at radius 2 is 1.00 bits per heavy atom. The fourth-order valence-corrected chi connectivity index (χ4v) is 8.22. The van der Waals surface area contributed by atoms with Crippen LogP contribution in [0.5, 0.6) is 0 Å². The van der Waals surface area contributed by atoms with Gasteiger partial charge in [-0.05, 0) is 57.5 Å². The minimum atomic E-state index is 0.205. The maximum Gasteiger partial charge on any atom is 0.164 e. The minimum Gasteiger partial charge on any atom is -0.309 e. The lowest BCUT2D eigenvalue weighted by Crippen LogP contribution is -2.15. The summed E-state index contributed by atoms with van der Waals surface area (Å²) in [6.07, 6.45) is 4.74. The van der Waals surface area contributed by atoms with Crippen molar-refractivity contribution < 1.29 is 0 Å². The Bertz CT molecular complexity index is 2580. The molecule has 2 aliphatic carbocycles. The van der Waals surface area contributed by atoms with Crippen LogP contribution in [-0.2, 0) is 0 Å². The molecule has 2 heterocycles. The molecule has 10 rings (SSSR count). The highest BCUT2D eigenvalue weighted by molar-refractivity contribution is 5.99. The molecule has 2 unspecified atom stereocenters.